The van der Waals surface area contributed by atoms with Crippen molar-refractivity contribution >= 4 is 27.7 Å². The molecule has 0 spiro atoms. The number of hydrogen-bond donors (Lipinski definition) is 2. The average molecular weight is 407 g/mol. The molecule has 2 rings (SSSR count). The summed E-state index contributed by atoms with van der Waals surface area (Å²) in [4.78, 5) is 35.6. The van der Waals surface area contributed by atoms with Crippen LogP contribution in [-0.4, -0.2) is 56.5 Å². The quantitative estimate of drug-likeness (QED) is 0.446. The summed E-state index contributed by atoms with van der Waals surface area (Å²) in [5.41, 5.74) is 5.47. The molecule has 0 atom stereocenters. The number of nitrogens with one attached hydrogen (secondary N) is 1. The fraction of sp³-hybridized carbons (Fsp3) is 0.389. The molecule has 150 valence electrons. The Labute approximate surface area is 163 Å². The highest BCUT2D eigenvalue weighted by atomic mass is 32.2. The van der Waals surface area contributed by atoms with Crippen molar-refractivity contribution in [2.75, 3.05) is 25.4 Å². The molecule has 1 aromatic rings. The molecule has 1 aliphatic heterocycles. The zero-order chi connectivity index (χ0) is 20.6. The molecule has 1 aromatic carbocycles. The van der Waals surface area contributed by atoms with Gasteiger partial charge in [0, 0.05) is 19.4 Å². The Morgan fingerprint density at radius 2 is 1.86 bits per heavy atom. The SMILES string of the molecule is NC(=O)c1ccccc1OCC#CCNS(=O)(=O)CCN1C(=O)CCCC1=O. The van der Waals surface area contributed by atoms with Crippen LogP contribution in [0.25, 0.3) is 0 Å². The number of sulfonamides is 1. The Balaban J connectivity index is 1.76. The largest absolute Gasteiger partial charge is 0.480 e. The molecule has 1 saturated heterocycles. The van der Waals surface area contributed by atoms with E-state index in [0.29, 0.717) is 12.2 Å². The molecule has 0 radical (unpaired) electrons. The molecule has 1 fully saturated rings. The number of para-hydroxylation sites is 1. The minimum Gasteiger partial charge on any atom is -0.480 e. The standard InChI is InChI=1S/C18H21N3O6S/c19-18(24)14-6-1-2-7-15(14)27-12-4-3-10-20-28(25,26)13-11-21-16(22)8-5-9-17(21)23/h1-2,6-7,20H,5,8-13H2,(H2,19,24). The van der Waals surface area contributed by atoms with Gasteiger partial charge < -0.3 is 10.5 Å². The van der Waals surface area contributed by atoms with Gasteiger partial charge in [-0.05, 0) is 18.6 Å². The molecular weight excluding hydrogens is 386 g/mol. The van der Waals surface area contributed by atoms with Gasteiger partial charge in [0.15, 0.2) is 0 Å². The summed E-state index contributed by atoms with van der Waals surface area (Å²) in [6, 6.07) is 6.43. The van der Waals surface area contributed by atoms with Crippen LogP contribution in [0.3, 0.4) is 0 Å². The summed E-state index contributed by atoms with van der Waals surface area (Å²) in [6.07, 6.45) is 1.01. The first-order chi connectivity index (χ1) is 13.3. The highest BCUT2D eigenvalue weighted by Crippen LogP contribution is 2.16. The first-order valence-electron chi connectivity index (χ1n) is 8.58. The van der Waals surface area contributed by atoms with E-state index in [1.165, 1.54) is 6.07 Å². The van der Waals surface area contributed by atoms with E-state index >= 15 is 0 Å². The Morgan fingerprint density at radius 1 is 1.18 bits per heavy atom. The van der Waals surface area contributed by atoms with Crippen LogP contribution in [-0.2, 0) is 19.6 Å². The number of carbonyl (C=O) groups is 3. The van der Waals surface area contributed by atoms with Gasteiger partial charge in [0.25, 0.3) is 5.91 Å². The normalized spacial score (nSPS) is 14.4. The first kappa shape index (κ1) is 21.4. The number of primary amides is 1. The Morgan fingerprint density at radius 3 is 2.54 bits per heavy atom. The number of hydrogen-bond acceptors (Lipinski definition) is 6. The third-order valence-corrected chi connectivity index (χ3v) is 5.23. The van der Waals surface area contributed by atoms with Gasteiger partial charge in [-0.1, -0.05) is 24.0 Å². The van der Waals surface area contributed by atoms with Crippen molar-refractivity contribution in [2.45, 2.75) is 19.3 Å². The minimum absolute atomic E-state index is 0.0528. The van der Waals surface area contributed by atoms with Gasteiger partial charge in [0.2, 0.25) is 21.8 Å². The van der Waals surface area contributed by atoms with Gasteiger partial charge in [-0.15, -0.1) is 0 Å². The predicted octanol–water partition coefficient (Wildman–Crippen LogP) is -0.374. The lowest BCUT2D eigenvalue weighted by Crippen LogP contribution is -2.44. The lowest BCUT2D eigenvalue weighted by atomic mass is 10.1. The minimum atomic E-state index is -3.69. The Bertz CT molecular complexity index is 901. The topological polar surface area (TPSA) is 136 Å². The molecule has 0 bridgehead atoms. The summed E-state index contributed by atoms with van der Waals surface area (Å²) in [7, 11) is -3.69. The number of nitrogens with zero attached hydrogens (tertiary/aromatic N) is 1. The fourth-order valence-electron chi connectivity index (χ4n) is 2.50. The second kappa shape index (κ2) is 9.87. The van der Waals surface area contributed by atoms with E-state index in [0.717, 1.165) is 4.90 Å². The molecular formula is C18H21N3O6S. The van der Waals surface area contributed by atoms with Crippen LogP contribution in [0.5, 0.6) is 5.75 Å². The van der Waals surface area contributed by atoms with E-state index in [1.807, 2.05) is 0 Å². The maximum atomic E-state index is 11.9. The Kier molecular flexibility index (Phi) is 7.54. The molecule has 0 aliphatic carbocycles. The zero-order valence-electron chi connectivity index (χ0n) is 15.1. The first-order valence-corrected chi connectivity index (χ1v) is 10.2. The molecule has 0 saturated carbocycles. The van der Waals surface area contributed by atoms with E-state index in [9.17, 15) is 22.8 Å². The lowest BCUT2D eigenvalue weighted by Gasteiger charge is -2.24. The number of carbonyl (C=O) groups excluding carboxylic acids is 3. The van der Waals surface area contributed by atoms with E-state index < -0.39 is 15.9 Å². The van der Waals surface area contributed by atoms with Gasteiger partial charge in [-0.3, -0.25) is 19.3 Å². The van der Waals surface area contributed by atoms with Crippen LogP contribution in [0.15, 0.2) is 24.3 Å². The van der Waals surface area contributed by atoms with Crippen LogP contribution >= 0.6 is 0 Å². The van der Waals surface area contributed by atoms with Gasteiger partial charge in [0.05, 0.1) is 17.9 Å². The number of imide groups is 1. The summed E-state index contributed by atoms with van der Waals surface area (Å²) >= 11 is 0. The number of likely N-dealkylation sites (tertiary alicyclic amines) is 1. The van der Waals surface area contributed by atoms with Crippen LogP contribution in [0.2, 0.25) is 0 Å². The van der Waals surface area contributed by atoms with E-state index in [1.54, 1.807) is 18.2 Å². The maximum Gasteiger partial charge on any atom is 0.252 e. The van der Waals surface area contributed by atoms with Gasteiger partial charge in [-0.2, -0.15) is 0 Å². The number of amides is 3. The third-order valence-electron chi connectivity index (χ3n) is 3.92. The van der Waals surface area contributed by atoms with Crippen LogP contribution in [0.1, 0.15) is 29.6 Å². The number of ether oxygens (including phenoxy) is 1. The summed E-state index contributed by atoms with van der Waals surface area (Å²) in [5, 5.41) is 0. The van der Waals surface area contributed by atoms with E-state index in [-0.39, 0.29) is 55.7 Å². The van der Waals surface area contributed by atoms with Gasteiger partial charge >= 0.3 is 0 Å². The Hall–Kier alpha value is -2.90. The van der Waals surface area contributed by atoms with Crippen molar-refractivity contribution < 1.29 is 27.5 Å². The molecule has 9 nitrogen and oxygen atoms in total. The van der Waals surface area contributed by atoms with Crippen molar-refractivity contribution in [1.29, 1.82) is 0 Å². The van der Waals surface area contributed by atoms with Crippen molar-refractivity contribution in [3.8, 4) is 17.6 Å². The third kappa shape index (κ3) is 6.37. The maximum absolute atomic E-state index is 11.9. The summed E-state index contributed by atoms with van der Waals surface area (Å²) < 4.78 is 31.5. The van der Waals surface area contributed by atoms with Crippen LogP contribution in [0.4, 0.5) is 0 Å². The molecule has 0 unspecified atom stereocenters. The molecule has 10 heteroatoms. The van der Waals surface area contributed by atoms with Crippen molar-refractivity contribution in [3.63, 3.8) is 0 Å². The van der Waals surface area contributed by atoms with Crippen molar-refractivity contribution in [2.24, 2.45) is 5.73 Å². The zero-order valence-corrected chi connectivity index (χ0v) is 16.0. The number of nitrogens with two attached hydrogens (primary N) is 1. The lowest BCUT2D eigenvalue weighted by molar-refractivity contribution is -0.147. The smallest absolute Gasteiger partial charge is 0.252 e. The molecule has 3 amide bonds. The molecule has 28 heavy (non-hydrogen) atoms. The molecule has 3 N–H and O–H groups in total. The van der Waals surface area contributed by atoms with E-state index in [4.69, 9.17) is 10.5 Å². The number of benzene rings is 1. The molecule has 1 aliphatic rings. The molecule has 1 heterocycles. The van der Waals surface area contributed by atoms with Crippen LogP contribution < -0.4 is 15.2 Å². The second-order valence-electron chi connectivity index (χ2n) is 5.94. The molecule has 0 aromatic heterocycles. The average Bonchev–Trinajstić information content (AvgIpc) is 2.64. The summed E-state index contributed by atoms with van der Waals surface area (Å²) in [6.45, 7) is -0.374. The van der Waals surface area contributed by atoms with Gasteiger partial charge in [0.1, 0.15) is 12.4 Å². The number of rotatable bonds is 8. The fourth-order valence-corrected chi connectivity index (χ4v) is 3.36. The highest BCUT2D eigenvalue weighted by molar-refractivity contribution is 7.89. The van der Waals surface area contributed by atoms with Gasteiger partial charge in [-0.25, -0.2) is 13.1 Å². The highest BCUT2D eigenvalue weighted by Gasteiger charge is 2.26. The second-order valence-corrected chi connectivity index (χ2v) is 7.86. The van der Waals surface area contributed by atoms with Crippen molar-refractivity contribution in [1.82, 2.24) is 9.62 Å². The van der Waals surface area contributed by atoms with Crippen molar-refractivity contribution in [3.05, 3.63) is 29.8 Å². The van der Waals surface area contributed by atoms with Crippen LogP contribution in [0, 0.1) is 11.8 Å². The van der Waals surface area contributed by atoms with E-state index in [2.05, 4.69) is 16.6 Å². The number of piperidine rings is 1. The predicted molar refractivity (Wildman–Crippen MR) is 101 cm³/mol. The summed E-state index contributed by atoms with van der Waals surface area (Å²) in [5.74, 6) is 3.80. The monoisotopic (exact) mass is 407 g/mol.